The van der Waals surface area contributed by atoms with Gasteiger partial charge in [0.15, 0.2) is 0 Å². The van der Waals surface area contributed by atoms with E-state index in [1.807, 2.05) is 0 Å². The van der Waals surface area contributed by atoms with Gasteiger partial charge >= 0.3 is 0 Å². The second-order valence-electron chi connectivity index (χ2n) is 2.35. The lowest BCUT2D eigenvalue weighted by atomic mass is 10.2. The van der Waals surface area contributed by atoms with Crippen LogP contribution in [0.1, 0.15) is 0 Å². The predicted octanol–water partition coefficient (Wildman–Crippen LogP) is 3.35. The van der Waals surface area contributed by atoms with E-state index in [0.717, 1.165) is 3.57 Å². The maximum Gasteiger partial charge on any atom is 0.142 e. The van der Waals surface area contributed by atoms with Crippen LogP contribution < -0.4 is 0 Å². The Labute approximate surface area is 86.0 Å². The molecule has 1 aromatic heterocycles. The van der Waals surface area contributed by atoms with Gasteiger partial charge in [-0.2, -0.15) is 0 Å². The van der Waals surface area contributed by atoms with Crippen LogP contribution in [-0.4, -0.2) is 5.11 Å². The van der Waals surface area contributed by atoms with Crippen LogP contribution in [0.15, 0.2) is 17.5 Å². The van der Waals surface area contributed by atoms with Crippen LogP contribution in [0.4, 0.5) is 4.39 Å². The Morgan fingerprint density at radius 1 is 1.42 bits per heavy atom. The van der Waals surface area contributed by atoms with Crippen LogP contribution in [0.25, 0.3) is 10.1 Å². The van der Waals surface area contributed by atoms with Crippen molar-refractivity contribution in [3.8, 4) is 5.75 Å². The zero-order valence-electron chi connectivity index (χ0n) is 5.84. The minimum atomic E-state index is -0.254. The maximum absolute atomic E-state index is 13.1. The number of aromatic hydroxyl groups is 1. The van der Waals surface area contributed by atoms with Crippen LogP contribution in [-0.2, 0) is 0 Å². The summed E-state index contributed by atoms with van der Waals surface area (Å²) in [4.78, 5) is 0. The summed E-state index contributed by atoms with van der Waals surface area (Å²) in [7, 11) is 0. The molecular formula is C8H4FIOS. The molecular weight excluding hydrogens is 290 g/mol. The Balaban J connectivity index is 2.98. The molecule has 1 heterocycles. The average Bonchev–Trinajstić information content (AvgIpc) is 2.42. The van der Waals surface area contributed by atoms with Crippen molar-refractivity contribution in [3.63, 3.8) is 0 Å². The Kier molecular flexibility index (Phi) is 1.96. The number of hydrogen-bond acceptors (Lipinski definition) is 2. The minimum Gasteiger partial charge on any atom is -0.506 e. The summed E-state index contributed by atoms with van der Waals surface area (Å²) in [5, 5.41) is 11.3. The third-order valence-electron chi connectivity index (χ3n) is 1.61. The number of benzene rings is 1. The monoisotopic (exact) mass is 294 g/mol. The fraction of sp³-hybridized carbons (Fsp3) is 0. The molecule has 0 spiro atoms. The molecule has 0 radical (unpaired) electrons. The highest BCUT2D eigenvalue weighted by molar-refractivity contribution is 14.1. The second-order valence-corrected chi connectivity index (χ2v) is 4.40. The van der Waals surface area contributed by atoms with Gasteiger partial charge in [0.25, 0.3) is 0 Å². The third kappa shape index (κ3) is 1.09. The van der Waals surface area contributed by atoms with Crippen molar-refractivity contribution < 1.29 is 9.50 Å². The van der Waals surface area contributed by atoms with Gasteiger partial charge < -0.3 is 5.11 Å². The Hall–Kier alpha value is -0.360. The first-order valence-corrected chi connectivity index (χ1v) is 5.20. The first kappa shape index (κ1) is 8.25. The van der Waals surface area contributed by atoms with Crippen LogP contribution in [0.3, 0.4) is 0 Å². The third-order valence-corrected chi connectivity index (χ3v) is 3.48. The molecule has 0 saturated carbocycles. The Morgan fingerprint density at radius 3 is 2.83 bits per heavy atom. The highest BCUT2D eigenvalue weighted by Crippen LogP contribution is 2.35. The van der Waals surface area contributed by atoms with Crippen molar-refractivity contribution in [2.45, 2.75) is 0 Å². The number of thiophene rings is 1. The molecule has 62 valence electrons. The highest BCUT2D eigenvalue weighted by Gasteiger charge is 2.09. The summed E-state index contributed by atoms with van der Waals surface area (Å²) in [5.74, 6) is -0.102. The summed E-state index contributed by atoms with van der Waals surface area (Å²) in [5.41, 5.74) is 0. The van der Waals surface area contributed by atoms with Gasteiger partial charge in [-0.3, -0.25) is 0 Å². The molecule has 0 amide bonds. The van der Waals surface area contributed by atoms with Crippen molar-refractivity contribution >= 4 is 44.0 Å². The standard InChI is InChI=1S/C8H4FIOS/c9-4-3-12-8-6(11)2-1-5(10)7(4)8/h1-3,11H. The van der Waals surface area contributed by atoms with Gasteiger partial charge in [-0.05, 0) is 34.7 Å². The van der Waals surface area contributed by atoms with Gasteiger partial charge in [-0.1, -0.05) is 0 Å². The normalized spacial score (nSPS) is 10.8. The first-order chi connectivity index (χ1) is 5.70. The second kappa shape index (κ2) is 2.85. The molecule has 2 aromatic rings. The number of hydrogen-bond donors (Lipinski definition) is 1. The molecule has 1 N–H and O–H groups in total. The van der Waals surface area contributed by atoms with Crippen molar-refractivity contribution in [1.82, 2.24) is 0 Å². The predicted molar refractivity (Wildman–Crippen MR) is 56.2 cm³/mol. The van der Waals surface area contributed by atoms with Crippen LogP contribution in [0.2, 0.25) is 0 Å². The topological polar surface area (TPSA) is 20.2 Å². The van der Waals surface area contributed by atoms with E-state index in [-0.39, 0.29) is 11.6 Å². The lowest BCUT2D eigenvalue weighted by molar-refractivity contribution is 0.482. The van der Waals surface area contributed by atoms with Gasteiger partial charge in [0.1, 0.15) is 11.6 Å². The van der Waals surface area contributed by atoms with Crippen molar-refractivity contribution in [2.24, 2.45) is 0 Å². The molecule has 0 unspecified atom stereocenters. The van der Waals surface area contributed by atoms with Gasteiger partial charge in [0.05, 0.1) is 4.70 Å². The van der Waals surface area contributed by atoms with Gasteiger partial charge in [0.2, 0.25) is 0 Å². The van der Waals surface area contributed by atoms with Crippen LogP contribution in [0, 0.1) is 9.39 Å². The van der Waals surface area contributed by atoms with E-state index in [9.17, 15) is 9.50 Å². The fourth-order valence-electron chi connectivity index (χ4n) is 1.06. The Morgan fingerprint density at radius 2 is 2.17 bits per heavy atom. The highest BCUT2D eigenvalue weighted by atomic mass is 127. The summed E-state index contributed by atoms with van der Waals surface area (Å²) in [6, 6.07) is 3.29. The number of phenolic OH excluding ortho intramolecular Hbond substituents is 1. The van der Waals surface area contributed by atoms with Gasteiger partial charge in [-0.25, -0.2) is 4.39 Å². The summed E-state index contributed by atoms with van der Waals surface area (Å²) < 4.78 is 14.5. The fourth-order valence-corrected chi connectivity index (χ4v) is 2.80. The summed E-state index contributed by atoms with van der Waals surface area (Å²) in [6.07, 6.45) is 0. The van der Waals surface area contributed by atoms with E-state index in [1.165, 1.54) is 16.7 Å². The first-order valence-electron chi connectivity index (χ1n) is 3.24. The molecule has 4 heteroatoms. The van der Waals surface area contributed by atoms with E-state index in [2.05, 4.69) is 22.6 Å². The molecule has 12 heavy (non-hydrogen) atoms. The molecule has 0 saturated heterocycles. The van der Waals surface area contributed by atoms with Crippen LogP contribution in [0.5, 0.6) is 5.75 Å². The molecule has 0 fully saturated rings. The van der Waals surface area contributed by atoms with E-state index < -0.39 is 0 Å². The summed E-state index contributed by atoms with van der Waals surface area (Å²) >= 11 is 3.28. The molecule has 0 aliphatic rings. The van der Waals surface area contributed by atoms with Crippen molar-refractivity contribution in [2.75, 3.05) is 0 Å². The van der Waals surface area contributed by atoms with Crippen molar-refractivity contribution in [1.29, 1.82) is 0 Å². The lowest BCUT2D eigenvalue weighted by Crippen LogP contribution is -1.75. The zero-order valence-corrected chi connectivity index (χ0v) is 8.82. The minimum absolute atomic E-state index is 0.152. The van der Waals surface area contributed by atoms with E-state index in [0.29, 0.717) is 10.1 Å². The summed E-state index contributed by atoms with van der Waals surface area (Å²) in [6.45, 7) is 0. The molecule has 0 aliphatic heterocycles. The molecule has 0 bridgehead atoms. The van der Waals surface area contributed by atoms with Gasteiger partial charge in [-0.15, -0.1) is 11.3 Å². The van der Waals surface area contributed by atoms with Crippen LogP contribution >= 0.6 is 33.9 Å². The molecule has 0 aliphatic carbocycles. The van der Waals surface area contributed by atoms with E-state index in [1.54, 1.807) is 12.1 Å². The number of fused-ring (bicyclic) bond motifs is 1. The van der Waals surface area contributed by atoms with E-state index >= 15 is 0 Å². The molecule has 1 nitrogen and oxygen atoms in total. The number of halogens is 2. The van der Waals surface area contributed by atoms with Crippen molar-refractivity contribution in [3.05, 3.63) is 26.9 Å². The Bertz CT molecular complexity index is 438. The molecule has 0 atom stereocenters. The molecule has 1 aromatic carbocycles. The molecule has 2 rings (SSSR count). The average molecular weight is 294 g/mol. The SMILES string of the molecule is Oc1ccc(I)c2c(F)csc12. The van der Waals surface area contributed by atoms with E-state index in [4.69, 9.17) is 0 Å². The smallest absolute Gasteiger partial charge is 0.142 e. The maximum atomic E-state index is 13.1. The zero-order chi connectivity index (χ0) is 8.72. The quantitative estimate of drug-likeness (QED) is 0.739. The van der Waals surface area contributed by atoms with Gasteiger partial charge in [0, 0.05) is 14.3 Å². The number of phenols is 1. The number of rotatable bonds is 0. The largest absolute Gasteiger partial charge is 0.506 e. The lowest BCUT2D eigenvalue weighted by Gasteiger charge is -1.96.